The Morgan fingerprint density at radius 3 is 2.84 bits per heavy atom. The fraction of sp³-hybridized carbons (Fsp3) is 0.562. The second kappa shape index (κ2) is 6.71. The highest BCUT2D eigenvalue weighted by atomic mass is 16.2. The lowest BCUT2D eigenvalue weighted by Gasteiger charge is -2.34. The molecule has 1 aromatic rings. The minimum Gasteiger partial charge on any atom is -0.351 e. The summed E-state index contributed by atoms with van der Waals surface area (Å²) >= 11 is 0. The maximum Gasteiger partial charge on any atom is 0.237 e. The summed E-state index contributed by atoms with van der Waals surface area (Å²) in [4.78, 5) is 14.5. The summed E-state index contributed by atoms with van der Waals surface area (Å²) in [6, 6.07) is 10.0. The van der Waals surface area contributed by atoms with Crippen molar-refractivity contribution in [3.05, 3.63) is 35.9 Å². The van der Waals surface area contributed by atoms with Gasteiger partial charge in [0.15, 0.2) is 0 Å². The normalized spacial score (nSPS) is 21.9. The third-order valence-corrected chi connectivity index (χ3v) is 3.93. The van der Waals surface area contributed by atoms with Gasteiger partial charge in [0, 0.05) is 13.1 Å². The van der Waals surface area contributed by atoms with Gasteiger partial charge in [0.1, 0.15) is 0 Å². The molecule has 2 atom stereocenters. The summed E-state index contributed by atoms with van der Waals surface area (Å²) in [5, 5.41) is 3.03. The third-order valence-electron chi connectivity index (χ3n) is 3.93. The van der Waals surface area contributed by atoms with Crippen molar-refractivity contribution in [2.75, 3.05) is 13.1 Å². The molecule has 3 heteroatoms. The number of hydrogen-bond donors (Lipinski definition) is 1. The molecule has 1 aromatic carbocycles. The van der Waals surface area contributed by atoms with Crippen LogP contribution in [0.2, 0.25) is 0 Å². The Morgan fingerprint density at radius 2 is 2.16 bits per heavy atom. The number of likely N-dealkylation sites (tertiary alicyclic amines) is 1. The highest BCUT2D eigenvalue weighted by molar-refractivity contribution is 5.81. The highest BCUT2D eigenvalue weighted by Gasteiger charge is 2.25. The first-order chi connectivity index (χ1) is 9.16. The van der Waals surface area contributed by atoms with E-state index >= 15 is 0 Å². The molecule has 1 aliphatic rings. The molecule has 0 spiro atoms. The van der Waals surface area contributed by atoms with Gasteiger partial charge >= 0.3 is 0 Å². The van der Waals surface area contributed by atoms with Gasteiger partial charge in [-0.1, -0.05) is 37.3 Å². The van der Waals surface area contributed by atoms with E-state index in [0.717, 1.165) is 18.7 Å². The Bertz CT molecular complexity index is 404. The van der Waals surface area contributed by atoms with Crippen LogP contribution in [0.5, 0.6) is 0 Å². The summed E-state index contributed by atoms with van der Waals surface area (Å²) in [5.41, 5.74) is 1.15. The molecular formula is C16H24N2O. The Hall–Kier alpha value is -1.35. The van der Waals surface area contributed by atoms with Gasteiger partial charge in [-0.05, 0) is 37.8 Å². The molecule has 19 heavy (non-hydrogen) atoms. The van der Waals surface area contributed by atoms with Gasteiger partial charge in [-0.2, -0.15) is 0 Å². The van der Waals surface area contributed by atoms with Crippen molar-refractivity contribution in [2.24, 2.45) is 5.92 Å². The molecule has 0 aliphatic carbocycles. The molecule has 1 fully saturated rings. The lowest BCUT2D eigenvalue weighted by Crippen LogP contribution is -2.48. The summed E-state index contributed by atoms with van der Waals surface area (Å²) < 4.78 is 0. The van der Waals surface area contributed by atoms with E-state index in [9.17, 15) is 4.79 Å². The maximum atomic E-state index is 12.2. The lowest BCUT2D eigenvalue weighted by molar-refractivity contribution is -0.126. The van der Waals surface area contributed by atoms with E-state index in [1.165, 1.54) is 12.8 Å². The lowest BCUT2D eigenvalue weighted by atomic mass is 9.99. The quantitative estimate of drug-likeness (QED) is 0.901. The topological polar surface area (TPSA) is 32.3 Å². The molecule has 0 saturated carbocycles. The summed E-state index contributed by atoms with van der Waals surface area (Å²) in [6.07, 6.45) is 2.49. The monoisotopic (exact) mass is 260 g/mol. The number of amides is 1. The van der Waals surface area contributed by atoms with Crippen LogP contribution < -0.4 is 5.32 Å². The van der Waals surface area contributed by atoms with Gasteiger partial charge in [-0.15, -0.1) is 0 Å². The fourth-order valence-corrected chi connectivity index (χ4v) is 2.68. The van der Waals surface area contributed by atoms with Crippen molar-refractivity contribution in [1.29, 1.82) is 0 Å². The van der Waals surface area contributed by atoms with Crippen LogP contribution in [0, 0.1) is 5.92 Å². The van der Waals surface area contributed by atoms with Gasteiger partial charge in [0.2, 0.25) is 5.91 Å². The Balaban J connectivity index is 1.82. The number of carbonyl (C=O) groups is 1. The summed E-state index contributed by atoms with van der Waals surface area (Å²) in [5.74, 6) is 0.844. The van der Waals surface area contributed by atoms with E-state index in [-0.39, 0.29) is 11.9 Å². The number of benzene rings is 1. The van der Waals surface area contributed by atoms with Gasteiger partial charge < -0.3 is 5.32 Å². The number of hydrogen-bond acceptors (Lipinski definition) is 2. The molecule has 1 saturated heterocycles. The average molecular weight is 260 g/mol. The number of piperidine rings is 1. The molecule has 2 rings (SSSR count). The number of rotatable bonds is 4. The zero-order valence-corrected chi connectivity index (χ0v) is 11.9. The second-order valence-corrected chi connectivity index (χ2v) is 5.62. The zero-order chi connectivity index (χ0) is 13.7. The van der Waals surface area contributed by atoms with Crippen molar-refractivity contribution in [1.82, 2.24) is 10.2 Å². The third kappa shape index (κ3) is 4.06. The predicted molar refractivity (Wildman–Crippen MR) is 77.7 cm³/mol. The van der Waals surface area contributed by atoms with E-state index in [1.54, 1.807) is 0 Å². The van der Waals surface area contributed by atoms with Crippen molar-refractivity contribution < 1.29 is 4.79 Å². The fourth-order valence-electron chi connectivity index (χ4n) is 2.68. The molecule has 0 radical (unpaired) electrons. The largest absolute Gasteiger partial charge is 0.351 e. The van der Waals surface area contributed by atoms with E-state index in [0.29, 0.717) is 12.5 Å². The molecule has 104 valence electrons. The highest BCUT2D eigenvalue weighted by Crippen LogP contribution is 2.17. The first-order valence-electron chi connectivity index (χ1n) is 7.22. The van der Waals surface area contributed by atoms with Crippen molar-refractivity contribution in [3.8, 4) is 0 Å². The van der Waals surface area contributed by atoms with Gasteiger partial charge in [0.05, 0.1) is 6.04 Å². The van der Waals surface area contributed by atoms with E-state index < -0.39 is 0 Å². The first kappa shape index (κ1) is 14.1. The second-order valence-electron chi connectivity index (χ2n) is 5.62. The standard InChI is InChI=1S/C16H24N2O/c1-13-7-6-10-18(12-13)14(2)16(19)17-11-15-8-4-3-5-9-15/h3-5,8-9,13-14H,6-7,10-12H2,1-2H3,(H,17,19). The average Bonchev–Trinajstić information content (AvgIpc) is 2.45. The molecule has 0 aromatic heterocycles. The molecule has 1 amide bonds. The zero-order valence-electron chi connectivity index (χ0n) is 11.9. The minimum atomic E-state index is -0.0218. The predicted octanol–water partition coefficient (Wildman–Crippen LogP) is 2.42. The molecular weight excluding hydrogens is 236 g/mol. The van der Waals surface area contributed by atoms with Gasteiger partial charge in [-0.25, -0.2) is 0 Å². The minimum absolute atomic E-state index is 0.0218. The molecule has 1 heterocycles. The van der Waals surface area contributed by atoms with Crippen molar-refractivity contribution >= 4 is 5.91 Å². The molecule has 3 nitrogen and oxygen atoms in total. The van der Waals surface area contributed by atoms with Crippen LogP contribution in [0.1, 0.15) is 32.3 Å². The molecule has 0 bridgehead atoms. The van der Waals surface area contributed by atoms with E-state index in [1.807, 2.05) is 37.3 Å². The number of nitrogens with zero attached hydrogens (tertiary/aromatic N) is 1. The summed E-state index contributed by atoms with van der Waals surface area (Å²) in [7, 11) is 0. The van der Waals surface area contributed by atoms with Crippen LogP contribution in [0.4, 0.5) is 0 Å². The maximum absolute atomic E-state index is 12.2. The SMILES string of the molecule is CC1CCCN(C(C)C(=O)NCc2ccccc2)C1. The Labute approximate surface area is 116 Å². The summed E-state index contributed by atoms with van der Waals surface area (Å²) in [6.45, 7) is 6.98. The van der Waals surface area contributed by atoms with Crippen LogP contribution in [0.25, 0.3) is 0 Å². The van der Waals surface area contributed by atoms with E-state index in [4.69, 9.17) is 0 Å². The first-order valence-corrected chi connectivity index (χ1v) is 7.22. The van der Waals surface area contributed by atoms with Crippen LogP contribution in [0.3, 0.4) is 0 Å². The Kier molecular flexibility index (Phi) is 4.97. The Morgan fingerprint density at radius 1 is 1.42 bits per heavy atom. The smallest absolute Gasteiger partial charge is 0.237 e. The number of carbonyl (C=O) groups excluding carboxylic acids is 1. The van der Waals surface area contributed by atoms with Crippen LogP contribution in [-0.4, -0.2) is 29.9 Å². The molecule has 1 N–H and O–H groups in total. The van der Waals surface area contributed by atoms with E-state index in [2.05, 4.69) is 17.1 Å². The van der Waals surface area contributed by atoms with Crippen LogP contribution in [0.15, 0.2) is 30.3 Å². The van der Waals surface area contributed by atoms with Crippen LogP contribution >= 0.6 is 0 Å². The van der Waals surface area contributed by atoms with Gasteiger partial charge in [-0.3, -0.25) is 9.69 Å². The molecule has 2 unspecified atom stereocenters. The van der Waals surface area contributed by atoms with Crippen molar-refractivity contribution in [3.63, 3.8) is 0 Å². The van der Waals surface area contributed by atoms with Gasteiger partial charge in [0.25, 0.3) is 0 Å². The molecule has 1 aliphatic heterocycles. The number of nitrogens with one attached hydrogen (secondary N) is 1. The van der Waals surface area contributed by atoms with Crippen LogP contribution in [-0.2, 0) is 11.3 Å². The van der Waals surface area contributed by atoms with Crippen molar-refractivity contribution in [2.45, 2.75) is 39.3 Å².